The maximum atomic E-state index is 12.4. The van der Waals surface area contributed by atoms with E-state index in [9.17, 15) is 14.7 Å². The van der Waals surface area contributed by atoms with Gasteiger partial charge < -0.3 is 10.4 Å². The van der Waals surface area contributed by atoms with E-state index in [1.54, 1.807) is 0 Å². The molecule has 0 aromatic carbocycles. The number of carbonyl (C=O) groups excluding carboxylic acids is 2. The number of aliphatic hydroxyl groups is 1. The van der Waals surface area contributed by atoms with Crippen molar-refractivity contribution in [1.29, 1.82) is 0 Å². The Morgan fingerprint density at radius 2 is 0.623 bits per heavy atom. The van der Waals surface area contributed by atoms with Gasteiger partial charge in [-0.05, 0) is 51.4 Å². The van der Waals surface area contributed by atoms with Crippen LogP contribution >= 0.6 is 0 Å². The number of Topliss-reactive ketones (excluding diaryl/α,β-unsaturated/α-hetero) is 1. The Hall–Kier alpha value is -1.16. The fourth-order valence-electron chi connectivity index (χ4n) is 9.05. The maximum absolute atomic E-state index is 12.4. The van der Waals surface area contributed by atoms with Crippen LogP contribution in [0.5, 0.6) is 0 Å². The number of rotatable bonds is 53. The predicted octanol–water partition coefficient (Wildman–Crippen LogP) is 18.7. The van der Waals surface area contributed by atoms with Crippen LogP contribution in [-0.2, 0) is 9.59 Å². The molecule has 362 valence electrons. The molecule has 61 heavy (non-hydrogen) atoms. The summed E-state index contributed by atoms with van der Waals surface area (Å²) in [6.07, 6.45) is 67.4. The number of carbonyl (C=O) groups is 2. The molecule has 0 rings (SSSR count). The molecule has 0 aromatic heterocycles. The van der Waals surface area contributed by atoms with Gasteiger partial charge in [0.2, 0.25) is 5.91 Å². The minimum absolute atomic E-state index is 0.0584. The standard InChI is InChI=1S/C57H111NO3/c1-3-5-7-9-11-13-15-17-19-21-22-23-25-27-31-35-39-43-47-51-56(60)52-48-44-40-36-32-28-29-33-37-41-45-49-53-57(61)58-55(54-59)50-46-42-38-34-30-26-24-20-18-16-14-12-10-8-6-4-2/h17,19,55,59H,3-16,18,20-54H2,1-2H3,(H,58,61)/b19-17-. The van der Waals surface area contributed by atoms with E-state index in [4.69, 9.17) is 0 Å². The maximum Gasteiger partial charge on any atom is 0.220 e. The Bertz CT molecular complexity index is 886. The lowest BCUT2D eigenvalue weighted by Crippen LogP contribution is -2.37. The average Bonchev–Trinajstić information content (AvgIpc) is 3.26. The monoisotopic (exact) mass is 858 g/mol. The number of amides is 1. The molecule has 4 heteroatoms. The highest BCUT2D eigenvalue weighted by Crippen LogP contribution is 2.17. The Balaban J connectivity index is 3.37. The number of unbranched alkanes of at least 4 members (excludes halogenated alkanes) is 41. The summed E-state index contributed by atoms with van der Waals surface area (Å²) in [6.45, 7) is 4.63. The lowest BCUT2D eigenvalue weighted by Gasteiger charge is -2.16. The molecule has 0 aliphatic rings. The number of hydrogen-bond acceptors (Lipinski definition) is 3. The van der Waals surface area contributed by atoms with Crippen molar-refractivity contribution in [3.63, 3.8) is 0 Å². The summed E-state index contributed by atoms with van der Waals surface area (Å²) in [7, 11) is 0. The second-order valence-electron chi connectivity index (χ2n) is 19.6. The number of allylic oxidation sites excluding steroid dienone is 2. The van der Waals surface area contributed by atoms with E-state index >= 15 is 0 Å². The molecule has 0 radical (unpaired) electrons. The number of aliphatic hydroxyl groups excluding tert-OH is 1. The first kappa shape index (κ1) is 59.8. The predicted molar refractivity (Wildman–Crippen MR) is 271 cm³/mol. The Morgan fingerprint density at radius 3 is 0.934 bits per heavy atom. The van der Waals surface area contributed by atoms with Gasteiger partial charge in [-0.2, -0.15) is 0 Å². The van der Waals surface area contributed by atoms with E-state index < -0.39 is 0 Å². The van der Waals surface area contributed by atoms with E-state index in [0.29, 0.717) is 12.2 Å². The van der Waals surface area contributed by atoms with E-state index in [-0.39, 0.29) is 18.6 Å². The zero-order valence-corrected chi connectivity index (χ0v) is 41.9. The summed E-state index contributed by atoms with van der Waals surface area (Å²) < 4.78 is 0. The zero-order chi connectivity index (χ0) is 44.2. The SMILES string of the molecule is CCCCCCCC/C=C\CCCCCCCCCCCC(=O)CCCCCCCCCCCCCCC(=O)NC(CO)CCCCCCCCCCCCCCCCCC. The molecule has 1 unspecified atom stereocenters. The molecule has 0 bridgehead atoms. The fourth-order valence-corrected chi connectivity index (χ4v) is 9.05. The van der Waals surface area contributed by atoms with E-state index in [2.05, 4.69) is 31.3 Å². The third-order valence-electron chi connectivity index (χ3n) is 13.3. The van der Waals surface area contributed by atoms with Crippen LogP contribution in [-0.4, -0.2) is 29.4 Å². The second kappa shape index (κ2) is 53.2. The smallest absolute Gasteiger partial charge is 0.220 e. The molecule has 0 fully saturated rings. The molecule has 0 aromatic rings. The van der Waals surface area contributed by atoms with Gasteiger partial charge in [0.05, 0.1) is 12.6 Å². The van der Waals surface area contributed by atoms with Crippen molar-refractivity contribution in [2.75, 3.05) is 6.61 Å². The molecule has 2 N–H and O–H groups in total. The van der Waals surface area contributed by atoms with Crippen molar-refractivity contribution < 1.29 is 14.7 Å². The molecule has 0 aliphatic heterocycles. The van der Waals surface area contributed by atoms with Crippen molar-refractivity contribution in [2.45, 2.75) is 335 Å². The Kier molecular flexibility index (Phi) is 52.2. The zero-order valence-electron chi connectivity index (χ0n) is 41.9. The van der Waals surface area contributed by atoms with Crippen molar-refractivity contribution in [2.24, 2.45) is 0 Å². The molecule has 0 saturated heterocycles. The van der Waals surface area contributed by atoms with Crippen LogP contribution in [0.2, 0.25) is 0 Å². The summed E-state index contributed by atoms with van der Waals surface area (Å²) in [5, 5.41) is 12.9. The molecule has 1 amide bonds. The summed E-state index contributed by atoms with van der Waals surface area (Å²) in [5.41, 5.74) is 0. The van der Waals surface area contributed by atoms with Gasteiger partial charge in [-0.3, -0.25) is 9.59 Å². The minimum Gasteiger partial charge on any atom is -0.394 e. The van der Waals surface area contributed by atoms with Crippen LogP contribution in [0.4, 0.5) is 0 Å². The molecule has 0 heterocycles. The summed E-state index contributed by atoms with van der Waals surface area (Å²) in [5.74, 6) is 0.617. The minimum atomic E-state index is -0.0708. The highest BCUT2D eigenvalue weighted by atomic mass is 16.3. The van der Waals surface area contributed by atoms with Crippen molar-refractivity contribution in [3.05, 3.63) is 12.2 Å². The third-order valence-corrected chi connectivity index (χ3v) is 13.3. The molecular formula is C57H111NO3. The van der Waals surface area contributed by atoms with Crippen LogP contribution in [0.15, 0.2) is 12.2 Å². The highest BCUT2D eigenvalue weighted by Gasteiger charge is 2.11. The summed E-state index contributed by atoms with van der Waals surface area (Å²) >= 11 is 0. The topological polar surface area (TPSA) is 66.4 Å². The van der Waals surface area contributed by atoms with Crippen LogP contribution in [0.25, 0.3) is 0 Å². The Morgan fingerprint density at radius 1 is 0.361 bits per heavy atom. The lowest BCUT2D eigenvalue weighted by atomic mass is 10.0. The largest absolute Gasteiger partial charge is 0.394 e. The number of hydrogen-bond donors (Lipinski definition) is 2. The normalized spacial score (nSPS) is 12.2. The van der Waals surface area contributed by atoms with Crippen LogP contribution in [0.3, 0.4) is 0 Å². The van der Waals surface area contributed by atoms with Gasteiger partial charge in [0.25, 0.3) is 0 Å². The average molecular weight is 859 g/mol. The Labute approximate surface area is 383 Å². The molecule has 0 saturated carbocycles. The molecule has 0 aliphatic carbocycles. The van der Waals surface area contributed by atoms with Gasteiger partial charge in [-0.1, -0.05) is 270 Å². The number of ketones is 1. The fraction of sp³-hybridized carbons (Fsp3) is 0.930. The second-order valence-corrected chi connectivity index (χ2v) is 19.6. The highest BCUT2D eigenvalue weighted by molar-refractivity contribution is 5.78. The van der Waals surface area contributed by atoms with Crippen molar-refractivity contribution in [1.82, 2.24) is 5.32 Å². The van der Waals surface area contributed by atoms with Crippen LogP contribution in [0, 0.1) is 0 Å². The van der Waals surface area contributed by atoms with Gasteiger partial charge >= 0.3 is 0 Å². The lowest BCUT2D eigenvalue weighted by molar-refractivity contribution is -0.122. The first-order valence-electron chi connectivity index (χ1n) is 28.2. The van der Waals surface area contributed by atoms with Gasteiger partial charge in [-0.25, -0.2) is 0 Å². The van der Waals surface area contributed by atoms with Crippen LogP contribution in [0.1, 0.15) is 328 Å². The van der Waals surface area contributed by atoms with Crippen LogP contribution < -0.4 is 5.32 Å². The van der Waals surface area contributed by atoms with Gasteiger partial charge in [-0.15, -0.1) is 0 Å². The van der Waals surface area contributed by atoms with Gasteiger partial charge in [0, 0.05) is 19.3 Å². The summed E-state index contributed by atoms with van der Waals surface area (Å²) in [4.78, 5) is 24.7. The molecular weight excluding hydrogens is 747 g/mol. The van der Waals surface area contributed by atoms with E-state index in [0.717, 1.165) is 51.4 Å². The quantitative estimate of drug-likeness (QED) is 0.0473. The van der Waals surface area contributed by atoms with E-state index in [1.807, 2.05) is 0 Å². The van der Waals surface area contributed by atoms with E-state index in [1.165, 1.54) is 257 Å². The first-order chi connectivity index (χ1) is 30.1. The van der Waals surface area contributed by atoms with Crippen molar-refractivity contribution >= 4 is 11.7 Å². The van der Waals surface area contributed by atoms with Gasteiger partial charge in [0.15, 0.2) is 0 Å². The molecule has 1 atom stereocenters. The first-order valence-corrected chi connectivity index (χ1v) is 28.2. The van der Waals surface area contributed by atoms with Crippen molar-refractivity contribution in [3.8, 4) is 0 Å². The van der Waals surface area contributed by atoms with Gasteiger partial charge in [0.1, 0.15) is 5.78 Å². The molecule has 0 spiro atoms. The molecule has 4 nitrogen and oxygen atoms in total. The third kappa shape index (κ3) is 51.4. The number of nitrogens with one attached hydrogen (secondary N) is 1. The summed E-state index contributed by atoms with van der Waals surface area (Å²) in [6, 6.07) is -0.0708.